The van der Waals surface area contributed by atoms with Gasteiger partial charge in [0, 0.05) is 15.8 Å². The Morgan fingerprint density at radius 1 is 1.53 bits per heavy atom. The van der Waals surface area contributed by atoms with Crippen LogP contribution in [0, 0.1) is 11.2 Å². The molecule has 0 saturated heterocycles. The predicted molar refractivity (Wildman–Crippen MR) is 62.9 cm³/mol. The molecule has 0 aliphatic rings. The van der Waals surface area contributed by atoms with Crippen molar-refractivity contribution >= 4 is 33.3 Å². The molecule has 1 aromatic rings. The molecule has 1 aromatic carbocycles. The third-order valence-electron chi connectivity index (χ3n) is 2.12. The van der Waals surface area contributed by atoms with E-state index in [1.807, 2.05) is 0 Å². The summed E-state index contributed by atoms with van der Waals surface area (Å²) in [4.78, 5) is 11.9. The fourth-order valence-corrected chi connectivity index (χ4v) is 1.58. The third kappa shape index (κ3) is 2.79. The van der Waals surface area contributed by atoms with Crippen molar-refractivity contribution in [1.82, 2.24) is 0 Å². The number of hydrogen-bond acceptors (Lipinski definition) is 1. The second kappa shape index (κ2) is 4.62. The zero-order valence-electron chi connectivity index (χ0n) is 8.48. The van der Waals surface area contributed by atoms with E-state index in [1.165, 1.54) is 12.1 Å². The van der Waals surface area contributed by atoms with Gasteiger partial charge in [-0.15, -0.1) is 11.6 Å². The summed E-state index contributed by atoms with van der Waals surface area (Å²) in [5, 5.41) is 0. The highest BCUT2D eigenvalue weighted by Crippen LogP contribution is 2.26. The molecule has 0 unspecified atom stereocenters. The minimum atomic E-state index is -0.747. The van der Waals surface area contributed by atoms with Crippen molar-refractivity contribution in [3.63, 3.8) is 0 Å². The smallest absolute Gasteiger partial charge is 0.172 e. The molecular formula is C11H11BrClFO. The molecule has 0 N–H and O–H groups in total. The number of carbonyl (C=O) groups is 1. The lowest BCUT2D eigenvalue weighted by Gasteiger charge is -2.19. The fraction of sp³-hybridized carbons (Fsp3) is 0.364. The van der Waals surface area contributed by atoms with Crippen molar-refractivity contribution in [3.05, 3.63) is 34.1 Å². The number of benzene rings is 1. The van der Waals surface area contributed by atoms with Gasteiger partial charge in [-0.2, -0.15) is 0 Å². The minimum Gasteiger partial charge on any atom is -0.293 e. The first-order valence-electron chi connectivity index (χ1n) is 4.44. The molecule has 1 nitrogen and oxygen atoms in total. The predicted octanol–water partition coefficient (Wildman–Crippen LogP) is 4.04. The van der Waals surface area contributed by atoms with Gasteiger partial charge in [-0.3, -0.25) is 4.79 Å². The maximum Gasteiger partial charge on any atom is 0.172 e. The minimum absolute atomic E-state index is 0.0787. The number of alkyl halides is 1. The first kappa shape index (κ1) is 12.7. The van der Waals surface area contributed by atoms with Gasteiger partial charge in [-0.1, -0.05) is 29.8 Å². The normalized spacial score (nSPS) is 11.5. The van der Waals surface area contributed by atoms with Gasteiger partial charge in [0.15, 0.2) is 5.78 Å². The van der Waals surface area contributed by atoms with Gasteiger partial charge < -0.3 is 0 Å². The average Bonchev–Trinajstić information content (AvgIpc) is 2.20. The van der Waals surface area contributed by atoms with Crippen LogP contribution in [0.2, 0.25) is 0 Å². The molecule has 0 radical (unpaired) electrons. The standard InChI is InChI=1S/C11H11BrClFO/c1-11(2,6-13)10(15)8-5-7(12)3-4-9(8)14/h3-5H,6H2,1-2H3. The Morgan fingerprint density at radius 3 is 2.67 bits per heavy atom. The molecule has 0 atom stereocenters. The van der Waals surface area contributed by atoms with Crippen molar-refractivity contribution < 1.29 is 9.18 Å². The van der Waals surface area contributed by atoms with Crippen molar-refractivity contribution in [2.45, 2.75) is 13.8 Å². The lowest BCUT2D eigenvalue weighted by atomic mass is 9.86. The highest BCUT2D eigenvalue weighted by molar-refractivity contribution is 9.10. The highest BCUT2D eigenvalue weighted by atomic mass is 79.9. The van der Waals surface area contributed by atoms with Gasteiger partial charge in [0.1, 0.15) is 5.82 Å². The first-order chi connectivity index (χ1) is 6.88. The zero-order chi connectivity index (χ0) is 11.6. The molecule has 1 rings (SSSR count). The van der Waals surface area contributed by atoms with Crippen LogP contribution in [0.1, 0.15) is 24.2 Å². The molecule has 0 heterocycles. The van der Waals surface area contributed by atoms with Crippen LogP contribution in [0.25, 0.3) is 0 Å². The number of carbonyl (C=O) groups excluding carboxylic acids is 1. The Labute approximate surface area is 102 Å². The molecule has 0 aliphatic carbocycles. The zero-order valence-corrected chi connectivity index (χ0v) is 10.8. The Bertz CT molecular complexity index is 390. The van der Waals surface area contributed by atoms with Gasteiger partial charge in [0.25, 0.3) is 0 Å². The van der Waals surface area contributed by atoms with E-state index in [9.17, 15) is 9.18 Å². The molecule has 0 aromatic heterocycles. The summed E-state index contributed by atoms with van der Waals surface area (Å²) in [5.41, 5.74) is -0.668. The Morgan fingerprint density at radius 2 is 2.13 bits per heavy atom. The number of hydrogen-bond donors (Lipinski definition) is 0. The van der Waals surface area contributed by atoms with Crippen LogP contribution in [-0.4, -0.2) is 11.7 Å². The van der Waals surface area contributed by atoms with E-state index in [4.69, 9.17) is 11.6 Å². The number of ketones is 1. The van der Waals surface area contributed by atoms with Crippen molar-refractivity contribution in [3.8, 4) is 0 Å². The molecule has 0 aliphatic heterocycles. The van der Waals surface area contributed by atoms with E-state index in [0.29, 0.717) is 4.47 Å². The van der Waals surface area contributed by atoms with Gasteiger partial charge in [-0.25, -0.2) is 4.39 Å². The fourth-order valence-electron chi connectivity index (χ4n) is 1.10. The second-order valence-corrected chi connectivity index (χ2v) is 5.15. The van der Waals surface area contributed by atoms with Crippen LogP contribution >= 0.6 is 27.5 Å². The van der Waals surface area contributed by atoms with Crippen LogP contribution in [0.15, 0.2) is 22.7 Å². The Balaban J connectivity index is 3.17. The SMILES string of the molecule is CC(C)(CCl)C(=O)c1cc(Br)ccc1F. The second-order valence-electron chi connectivity index (χ2n) is 3.97. The maximum absolute atomic E-state index is 13.4. The molecule has 4 heteroatoms. The monoisotopic (exact) mass is 292 g/mol. The topological polar surface area (TPSA) is 17.1 Å². The van der Waals surface area contributed by atoms with E-state index < -0.39 is 11.2 Å². The van der Waals surface area contributed by atoms with Crippen molar-refractivity contribution in [2.24, 2.45) is 5.41 Å². The van der Waals surface area contributed by atoms with E-state index in [-0.39, 0.29) is 17.2 Å². The van der Waals surface area contributed by atoms with Crippen LogP contribution in [0.4, 0.5) is 4.39 Å². The van der Waals surface area contributed by atoms with Crippen LogP contribution in [0.5, 0.6) is 0 Å². The quantitative estimate of drug-likeness (QED) is 0.607. The van der Waals surface area contributed by atoms with Gasteiger partial charge in [0.05, 0.1) is 5.56 Å². The van der Waals surface area contributed by atoms with E-state index >= 15 is 0 Å². The Hall–Kier alpha value is -0.410. The number of halogens is 3. The lowest BCUT2D eigenvalue weighted by Crippen LogP contribution is -2.26. The first-order valence-corrected chi connectivity index (χ1v) is 5.77. The maximum atomic E-state index is 13.4. The van der Waals surface area contributed by atoms with E-state index in [2.05, 4.69) is 15.9 Å². The lowest BCUT2D eigenvalue weighted by molar-refractivity contribution is 0.0857. The molecule has 0 fully saturated rings. The van der Waals surface area contributed by atoms with Gasteiger partial charge in [0.2, 0.25) is 0 Å². The third-order valence-corrected chi connectivity index (χ3v) is 3.28. The highest BCUT2D eigenvalue weighted by Gasteiger charge is 2.29. The van der Waals surface area contributed by atoms with Crippen molar-refractivity contribution in [2.75, 3.05) is 5.88 Å². The van der Waals surface area contributed by atoms with E-state index in [1.54, 1.807) is 19.9 Å². The molecular weight excluding hydrogens is 282 g/mol. The molecule has 0 spiro atoms. The van der Waals surface area contributed by atoms with Crippen LogP contribution in [0.3, 0.4) is 0 Å². The van der Waals surface area contributed by atoms with Gasteiger partial charge in [-0.05, 0) is 18.2 Å². The molecule has 0 saturated carbocycles. The average molecular weight is 294 g/mol. The largest absolute Gasteiger partial charge is 0.293 e. The molecule has 15 heavy (non-hydrogen) atoms. The van der Waals surface area contributed by atoms with Crippen LogP contribution in [-0.2, 0) is 0 Å². The summed E-state index contributed by atoms with van der Waals surface area (Å²) in [6.45, 7) is 3.39. The van der Waals surface area contributed by atoms with Crippen molar-refractivity contribution in [1.29, 1.82) is 0 Å². The summed E-state index contributed by atoms with van der Waals surface area (Å²) in [6, 6.07) is 4.30. The van der Waals surface area contributed by atoms with Crippen LogP contribution < -0.4 is 0 Å². The Kier molecular flexibility index (Phi) is 3.90. The summed E-state index contributed by atoms with van der Waals surface area (Å²) in [7, 11) is 0. The summed E-state index contributed by atoms with van der Waals surface area (Å²) >= 11 is 8.88. The van der Waals surface area contributed by atoms with Gasteiger partial charge >= 0.3 is 0 Å². The summed E-state index contributed by atoms with van der Waals surface area (Å²) in [6.07, 6.45) is 0. The number of rotatable bonds is 3. The molecule has 82 valence electrons. The molecule has 0 amide bonds. The van der Waals surface area contributed by atoms with E-state index in [0.717, 1.165) is 0 Å². The molecule has 0 bridgehead atoms. The summed E-state index contributed by atoms with van der Waals surface area (Å²) in [5.74, 6) is -0.629. The number of Topliss-reactive ketones (excluding diaryl/α,β-unsaturated/α-hetero) is 1. The summed E-state index contributed by atoms with van der Waals surface area (Å²) < 4.78 is 14.1.